The molecule has 1 aliphatic rings. The SMILES string of the molecule is CCCOc1ncccc1CN=C(NCC)NCCN1CCOCC1. The molecule has 1 fully saturated rings. The van der Waals surface area contributed by atoms with E-state index >= 15 is 0 Å². The van der Waals surface area contributed by atoms with Gasteiger partial charge in [-0.05, 0) is 19.4 Å². The van der Waals surface area contributed by atoms with Crippen molar-refractivity contribution < 1.29 is 9.47 Å². The van der Waals surface area contributed by atoms with Gasteiger partial charge in [0, 0.05) is 44.5 Å². The number of pyridine rings is 1. The first-order valence-electron chi connectivity index (χ1n) is 9.22. The van der Waals surface area contributed by atoms with E-state index in [0.29, 0.717) is 19.0 Å². The van der Waals surface area contributed by atoms with Gasteiger partial charge in [0.25, 0.3) is 0 Å². The zero-order chi connectivity index (χ0) is 17.7. The summed E-state index contributed by atoms with van der Waals surface area (Å²) in [6.45, 7) is 11.7. The Kier molecular flexibility index (Phi) is 9.07. The van der Waals surface area contributed by atoms with E-state index in [1.165, 1.54) is 0 Å². The average Bonchev–Trinajstić information content (AvgIpc) is 2.66. The molecule has 140 valence electrons. The third kappa shape index (κ3) is 7.27. The van der Waals surface area contributed by atoms with Crippen LogP contribution in [0.5, 0.6) is 5.88 Å². The number of aromatic nitrogens is 1. The van der Waals surface area contributed by atoms with E-state index in [-0.39, 0.29) is 0 Å². The van der Waals surface area contributed by atoms with Gasteiger partial charge in [0.05, 0.1) is 26.4 Å². The minimum Gasteiger partial charge on any atom is -0.477 e. The maximum absolute atomic E-state index is 5.70. The lowest BCUT2D eigenvalue weighted by Crippen LogP contribution is -2.44. The average molecular weight is 349 g/mol. The lowest BCUT2D eigenvalue weighted by atomic mass is 10.3. The fourth-order valence-electron chi connectivity index (χ4n) is 2.54. The van der Waals surface area contributed by atoms with Crippen LogP contribution in [0.2, 0.25) is 0 Å². The smallest absolute Gasteiger partial charge is 0.218 e. The van der Waals surface area contributed by atoms with Gasteiger partial charge >= 0.3 is 0 Å². The van der Waals surface area contributed by atoms with Crippen LogP contribution in [0.4, 0.5) is 0 Å². The standard InChI is InChI=1S/C18H31N5O2/c1-3-12-25-17-16(6-5-7-20-17)15-22-18(19-4-2)21-8-9-23-10-13-24-14-11-23/h5-7H,3-4,8-15H2,1-2H3,(H2,19,21,22). The molecule has 0 aromatic carbocycles. The molecule has 1 aromatic heterocycles. The highest BCUT2D eigenvalue weighted by Gasteiger charge is 2.10. The Hall–Kier alpha value is -1.86. The Morgan fingerprint density at radius 3 is 2.92 bits per heavy atom. The maximum Gasteiger partial charge on any atom is 0.218 e. The molecular weight excluding hydrogens is 318 g/mol. The Labute approximate surface area is 150 Å². The summed E-state index contributed by atoms with van der Waals surface area (Å²) in [5.41, 5.74) is 1.00. The van der Waals surface area contributed by atoms with Crippen molar-refractivity contribution in [3.63, 3.8) is 0 Å². The number of rotatable bonds is 9. The topological polar surface area (TPSA) is 71.0 Å². The molecule has 7 heteroatoms. The second-order valence-corrected chi connectivity index (χ2v) is 5.89. The molecule has 7 nitrogen and oxygen atoms in total. The summed E-state index contributed by atoms with van der Waals surface area (Å²) < 4.78 is 11.1. The monoisotopic (exact) mass is 349 g/mol. The van der Waals surface area contributed by atoms with Gasteiger partial charge in [-0.1, -0.05) is 13.0 Å². The molecule has 0 bridgehead atoms. The van der Waals surface area contributed by atoms with Gasteiger partial charge in [0.2, 0.25) is 5.88 Å². The number of ether oxygens (including phenoxy) is 2. The van der Waals surface area contributed by atoms with Crippen LogP contribution < -0.4 is 15.4 Å². The third-order valence-electron chi connectivity index (χ3n) is 3.87. The highest BCUT2D eigenvalue weighted by Crippen LogP contribution is 2.15. The zero-order valence-electron chi connectivity index (χ0n) is 15.5. The van der Waals surface area contributed by atoms with Crippen molar-refractivity contribution in [1.82, 2.24) is 20.5 Å². The fraction of sp³-hybridized carbons (Fsp3) is 0.667. The van der Waals surface area contributed by atoms with Gasteiger partial charge in [-0.25, -0.2) is 9.98 Å². The van der Waals surface area contributed by atoms with Crippen LogP contribution in [0.3, 0.4) is 0 Å². The summed E-state index contributed by atoms with van der Waals surface area (Å²) in [5.74, 6) is 1.50. The van der Waals surface area contributed by atoms with Crippen LogP contribution in [0.15, 0.2) is 23.3 Å². The number of guanidine groups is 1. The molecule has 0 atom stereocenters. The van der Waals surface area contributed by atoms with E-state index < -0.39 is 0 Å². The predicted molar refractivity (Wildman–Crippen MR) is 100 cm³/mol. The molecule has 2 N–H and O–H groups in total. The Morgan fingerprint density at radius 2 is 2.16 bits per heavy atom. The van der Waals surface area contributed by atoms with Crippen LogP contribution in [0.25, 0.3) is 0 Å². The molecular formula is C18H31N5O2. The second kappa shape index (κ2) is 11.7. The molecule has 0 saturated carbocycles. The molecule has 2 heterocycles. The van der Waals surface area contributed by atoms with Crippen molar-refractivity contribution in [3.8, 4) is 5.88 Å². The third-order valence-corrected chi connectivity index (χ3v) is 3.87. The van der Waals surface area contributed by atoms with Crippen LogP contribution in [-0.2, 0) is 11.3 Å². The minimum atomic E-state index is 0.541. The molecule has 0 amide bonds. The van der Waals surface area contributed by atoms with E-state index in [4.69, 9.17) is 9.47 Å². The lowest BCUT2D eigenvalue weighted by Gasteiger charge is -2.26. The molecule has 1 saturated heterocycles. The second-order valence-electron chi connectivity index (χ2n) is 5.89. The summed E-state index contributed by atoms with van der Waals surface area (Å²) in [7, 11) is 0. The van der Waals surface area contributed by atoms with E-state index in [9.17, 15) is 0 Å². The normalized spacial score (nSPS) is 15.8. The summed E-state index contributed by atoms with van der Waals surface area (Å²) in [4.78, 5) is 11.4. The number of hydrogen-bond acceptors (Lipinski definition) is 5. The van der Waals surface area contributed by atoms with Crippen LogP contribution in [0.1, 0.15) is 25.8 Å². The van der Waals surface area contributed by atoms with E-state index in [1.54, 1.807) is 6.20 Å². The summed E-state index contributed by atoms with van der Waals surface area (Å²) in [5, 5.41) is 6.68. The van der Waals surface area contributed by atoms with Crippen LogP contribution >= 0.6 is 0 Å². The Bertz CT molecular complexity index is 518. The zero-order valence-corrected chi connectivity index (χ0v) is 15.5. The molecule has 0 unspecified atom stereocenters. The molecule has 0 spiro atoms. The molecule has 0 radical (unpaired) electrons. The van der Waals surface area contributed by atoms with Crippen molar-refractivity contribution in [2.75, 3.05) is 52.5 Å². The van der Waals surface area contributed by atoms with E-state index in [0.717, 1.165) is 63.9 Å². The van der Waals surface area contributed by atoms with Crippen molar-refractivity contribution in [3.05, 3.63) is 23.9 Å². The van der Waals surface area contributed by atoms with Gasteiger partial charge in [-0.2, -0.15) is 0 Å². The molecule has 2 rings (SSSR count). The van der Waals surface area contributed by atoms with Gasteiger partial charge < -0.3 is 20.1 Å². The molecule has 1 aliphatic heterocycles. The minimum absolute atomic E-state index is 0.541. The van der Waals surface area contributed by atoms with Gasteiger partial charge in [0.1, 0.15) is 0 Å². The van der Waals surface area contributed by atoms with Gasteiger partial charge in [-0.15, -0.1) is 0 Å². The lowest BCUT2D eigenvalue weighted by molar-refractivity contribution is 0.0389. The summed E-state index contributed by atoms with van der Waals surface area (Å²) in [6.07, 6.45) is 2.72. The van der Waals surface area contributed by atoms with Crippen LogP contribution in [0, 0.1) is 0 Å². The number of nitrogens with zero attached hydrogens (tertiary/aromatic N) is 3. The number of aliphatic imine (C=N–C) groups is 1. The molecule has 1 aromatic rings. The maximum atomic E-state index is 5.70. The highest BCUT2D eigenvalue weighted by molar-refractivity contribution is 5.79. The first kappa shape index (κ1) is 19.5. The van der Waals surface area contributed by atoms with Crippen molar-refractivity contribution >= 4 is 5.96 Å². The highest BCUT2D eigenvalue weighted by atomic mass is 16.5. The first-order chi connectivity index (χ1) is 12.3. The number of hydrogen-bond donors (Lipinski definition) is 2. The predicted octanol–water partition coefficient (Wildman–Crippen LogP) is 1.26. The fourth-order valence-corrected chi connectivity index (χ4v) is 2.54. The van der Waals surface area contributed by atoms with E-state index in [1.807, 2.05) is 12.1 Å². The molecule has 25 heavy (non-hydrogen) atoms. The van der Waals surface area contributed by atoms with Crippen LogP contribution in [-0.4, -0.2) is 68.4 Å². The van der Waals surface area contributed by atoms with E-state index in [2.05, 4.69) is 39.4 Å². The van der Waals surface area contributed by atoms with Crippen molar-refractivity contribution in [2.24, 2.45) is 4.99 Å². The quantitative estimate of drug-likeness (QED) is 0.517. The first-order valence-corrected chi connectivity index (χ1v) is 9.22. The summed E-state index contributed by atoms with van der Waals surface area (Å²) in [6, 6.07) is 3.93. The van der Waals surface area contributed by atoms with Crippen molar-refractivity contribution in [1.29, 1.82) is 0 Å². The Morgan fingerprint density at radius 1 is 1.32 bits per heavy atom. The van der Waals surface area contributed by atoms with Gasteiger partial charge in [0.15, 0.2) is 5.96 Å². The Balaban J connectivity index is 1.85. The van der Waals surface area contributed by atoms with Gasteiger partial charge in [-0.3, -0.25) is 4.90 Å². The van der Waals surface area contributed by atoms with Crippen molar-refractivity contribution in [2.45, 2.75) is 26.8 Å². The summed E-state index contributed by atoms with van der Waals surface area (Å²) >= 11 is 0. The largest absolute Gasteiger partial charge is 0.477 e. The number of nitrogens with one attached hydrogen (secondary N) is 2. The number of morpholine rings is 1. The molecule has 0 aliphatic carbocycles.